The van der Waals surface area contributed by atoms with Crippen molar-refractivity contribution in [1.29, 1.82) is 0 Å². The Morgan fingerprint density at radius 1 is 0.926 bits per heavy atom. The molecule has 0 aliphatic heterocycles. The van der Waals surface area contributed by atoms with E-state index in [4.69, 9.17) is 0 Å². The molecule has 0 spiro atoms. The Kier molecular flexibility index (Phi) is 3.53. The number of aromatic amines is 1. The molecule has 0 fully saturated rings. The van der Waals surface area contributed by atoms with Crippen LogP contribution in [0.15, 0.2) is 78.0 Å². The maximum Gasteiger partial charge on any atom is 0.269 e. The summed E-state index contributed by atoms with van der Waals surface area (Å²) in [6.45, 7) is 0.464. The van der Waals surface area contributed by atoms with E-state index >= 15 is 0 Å². The zero-order valence-electron chi connectivity index (χ0n) is 14.3. The Morgan fingerprint density at radius 3 is 2.81 bits per heavy atom. The standard InChI is InChI=1S/C21H15N5O/c27-20-12-23-21-19(5-2-8-22-21)26(20)13-14-3-1-4-15(9-14)16-6-7-18-17(10-16)11-24-25-18/h1-12H,13H2,(H,24,25). The molecule has 3 aromatic heterocycles. The highest BCUT2D eigenvalue weighted by molar-refractivity contribution is 5.84. The molecule has 3 heterocycles. The average molecular weight is 353 g/mol. The van der Waals surface area contributed by atoms with Gasteiger partial charge >= 0.3 is 0 Å². The van der Waals surface area contributed by atoms with Crippen molar-refractivity contribution in [1.82, 2.24) is 24.7 Å². The molecule has 27 heavy (non-hydrogen) atoms. The van der Waals surface area contributed by atoms with Crippen molar-refractivity contribution in [3.05, 3.63) is 89.1 Å². The number of fused-ring (bicyclic) bond motifs is 2. The van der Waals surface area contributed by atoms with Gasteiger partial charge in [-0.25, -0.2) is 9.97 Å². The smallest absolute Gasteiger partial charge is 0.269 e. The van der Waals surface area contributed by atoms with Gasteiger partial charge in [0.1, 0.15) is 0 Å². The van der Waals surface area contributed by atoms with E-state index in [2.05, 4.69) is 44.4 Å². The highest BCUT2D eigenvalue weighted by atomic mass is 16.1. The lowest BCUT2D eigenvalue weighted by atomic mass is 10.0. The fourth-order valence-corrected chi connectivity index (χ4v) is 3.32. The number of hydrogen-bond acceptors (Lipinski definition) is 4. The predicted molar refractivity (Wildman–Crippen MR) is 104 cm³/mol. The van der Waals surface area contributed by atoms with Crippen LogP contribution in [0.5, 0.6) is 0 Å². The van der Waals surface area contributed by atoms with Gasteiger partial charge in [-0.15, -0.1) is 0 Å². The number of pyridine rings is 1. The van der Waals surface area contributed by atoms with Crippen molar-refractivity contribution >= 4 is 22.1 Å². The predicted octanol–water partition coefficient (Wildman–Crippen LogP) is 3.38. The first-order valence-electron chi connectivity index (χ1n) is 8.61. The van der Waals surface area contributed by atoms with Crippen molar-refractivity contribution in [3.8, 4) is 11.1 Å². The maximum atomic E-state index is 12.4. The molecule has 5 aromatic rings. The zero-order chi connectivity index (χ0) is 18.2. The molecule has 0 saturated carbocycles. The SMILES string of the molecule is O=c1cnc2ncccc2n1Cc1cccc(-c2ccc3[nH]ncc3c2)c1. The first-order chi connectivity index (χ1) is 13.3. The van der Waals surface area contributed by atoms with E-state index in [0.717, 1.165) is 33.1 Å². The van der Waals surface area contributed by atoms with Gasteiger partial charge in [-0.3, -0.25) is 14.5 Å². The first kappa shape index (κ1) is 15.5. The van der Waals surface area contributed by atoms with Gasteiger partial charge in [0.15, 0.2) is 5.65 Å². The lowest BCUT2D eigenvalue weighted by Gasteiger charge is -2.10. The number of nitrogens with one attached hydrogen (secondary N) is 1. The molecular weight excluding hydrogens is 338 g/mol. The molecule has 0 aliphatic carbocycles. The minimum atomic E-state index is -0.138. The lowest BCUT2D eigenvalue weighted by Crippen LogP contribution is -2.21. The summed E-state index contributed by atoms with van der Waals surface area (Å²) in [7, 11) is 0. The van der Waals surface area contributed by atoms with Crippen LogP contribution in [0.3, 0.4) is 0 Å². The topological polar surface area (TPSA) is 76.5 Å². The molecule has 2 aromatic carbocycles. The summed E-state index contributed by atoms with van der Waals surface area (Å²) in [4.78, 5) is 20.7. The Hall–Kier alpha value is -3.80. The Balaban J connectivity index is 1.57. The molecule has 0 amide bonds. The van der Waals surface area contributed by atoms with Gasteiger partial charge in [-0.05, 0) is 47.0 Å². The number of aromatic nitrogens is 5. The molecule has 0 saturated heterocycles. The normalized spacial score (nSPS) is 11.3. The second-order valence-corrected chi connectivity index (χ2v) is 6.40. The Labute approximate surface area is 154 Å². The number of nitrogens with zero attached hydrogens (tertiary/aromatic N) is 4. The van der Waals surface area contributed by atoms with E-state index < -0.39 is 0 Å². The first-order valence-corrected chi connectivity index (χ1v) is 8.61. The number of rotatable bonds is 3. The summed E-state index contributed by atoms with van der Waals surface area (Å²) >= 11 is 0. The van der Waals surface area contributed by atoms with Crippen molar-refractivity contribution in [2.24, 2.45) is 0 Å². The van der Waals surface area contributed by atoms with Gasteiger partial charge < -0.3 is 0 Å². The summed E-state index contributed by atoms with van der Waals surface area (Å²) in [5.74, 6) is 0. The minimum Gasteiger partial charge on any atom is -0.300 e. The van der Waals surface area contributed by atoms with Crippen LogP contribution in [-0.2, 0) is 6.54 Å². The fourth-order valence-electron chi connectivity index (χ4n) is 3.32. The van der Waals surface area contributed by atoms with Gasteiger partial charge in [0, 0.05) is 11.6 Å². The van der Waals surface area contributed by atoms with E-state index in [1.807, 2.05) is 36.5 Å². The molecule has 1 N–H and O–H groups in total. The molecule has 6 heteroatoms. The van der Waals surface area contributed by atoms with Crippen LogP contribution in [0.4, 0.5) is 0 Å². The number of benzene rings is 2. The van der Waals surface area contributed by atoms with E-state index in [-0.39, 0.29) is 5.56 Å². The summed E-state index contributed by atoms with van der Waals surface area (Å²) in [6.07, 6.45) is 4.82. The van der Waals surface area contributed by atoms with Crippen LogP contribution in [0.2, 0.25) is 0 Å². The quantitative estimate of drug-likeness (QED) is 0.539. The van der Waals surface area contributed by atoms with Crippen molar-refractivity contribution in [2.45, 2.75) is 6.54 Å². The van der Waals surface area contributed by atoms with E-state index in [1.54, 1.807) is 10.8 Å². The molecule has 5 rings (SSSR count). The second-order valence-electron chi connectivity index (χ2n) is 6.40. The van der Waals surface area contributed by atoms with Crippen LogP contribution in [0.1, 0.15) is 5.56 Å². The number of H-pyrrole nitrogens is 1. The van der Waals surface area contributed by atoms with Gasteiger partial charge in [-0.1, -0.05) is 24.3 Å². The Morgan fingerprint density at radius 2 is 1.85 bits per heavy atom. The lowest BCUT2D eigenvalue weighted by molar-refractivity contribution is 0.784. The van der Waals surface area contributed by atoms with Crippen molar-refractivity contribution in [2.75, 3.05) is 0 Å². The molecule has 0 aliphatic rings. The molecule has 6 nitrogen and oxygen atoms in total. The fraction of sp³-hybridized carbons (Fsp3) is 0.0476. The third-order valence-electron chi connectivity index (χ3n) is 4.66. The molecule has 0 unspecified atom stereocenters. The molecular formula is C21H15N5O. The largest absolute Gasteiger partial charge is 0.300 e. The van der Waals surface area contributed by atoms with E-state index in [0.29, 0.717) is 12.2 Å². The van der Waals surface area contributed by atoms with Crippen molar-refractivity contribution in [3.63, 3.8) is 0 Å². The summed E-state index contributed by atoms with van der Waals surface area (Å²) in [5, 5.41) is 8.11. The second kappa shape index (κ2) is 6.17. The Bertz CT molecular complexity index is 1340. The summed E-state index contributed by atoms with van der Waals surface area (Å²) < 4.78 is 1.70. The van der Waals surface area contributed by atoms with Gasteiger partial charge in [0.25, 0.3) is 5.56 Å². The maximum absolute atomic E-state index is 12.4. The van der Waals surface area contributed by atoms with Crippen LogP contribution >= 0.6 is 0 Å². The molecule has 130 valence electrons. The summed E-state index contributed by atoms with van der Waals surface area (Å²) in [5.41, 5.74) is 5.42. The molecule has 0 radical (unpaired) electrons. The van der Waals surface area contributed by atoms with E-state index in [9.17, 15) is 4.79 Å². The van der Waals surface area contributed by atoms with Crippen LogP contribution in [-0.4, -0.2) is 24.7 Å². The zero-order valence-corrected chi connectivity index (χ0v) is 14.3. The van der Waals surface area contributed by atoms with Crippen molar-refractivity contribution < 1.29 is 0 Å². The average Bonchev–Trinajstić information content (AvgIpc) is 3.18. The van der Waals surface area contributed by atoms with Gasteiger partial charge in [0.05, 0.1) is 30.0 Å². The highest BCUT2D eigenvalue weighted by Crippen LogP contribution is 2.24. The monoisotopic (exact) mass is 353 g/mol. The minimum absolute atomic E-state index is 0.138. The number of hydrogen-bond donors (Lipinski definition) is 1. The molecule has 0 bridgehead atoms. The van der Waals surface area contributed by atoms with Crippen LogP contribution < -0.4 is 5.56 Å². The van der Waals surface area contributed by atoms with Crippen LogP contribution in [0, 0.1) is 0 Å². The van der Waals surface area contributed by atoms with Gasteiger partial charge in [-0.2, -0.15) is 5.10 Å². The summed E-state index contributed by atoms with van der Waals surface area (Å²) in [6, 6.07) is 18.1. The van der Waals surface area contributed by atoms with Crippen LogP contribution in [0.25, 0.3) is 33.2 Å². The third kappa shape index (κ3) is 2.77. The molecule has 0 atom stereocenters. The third-order valence-corrected chi connectivity index (χ3v) is 4.66. The van der Waals surface area contributed by atoms with E-state index in [1.165, 1.54) is 6.20 Å². The van der Waals surface area contributed by atoms with Gasteiger partial charge in [0.2, 0.25) is 0 Å². The highest BCUT2D eigenvalue weighted by Gasteiger charge is 2.07.